The van der Waals surface area contributed by atoms with Gasteiger partial charge in [-0.25, -0.2) is 4.98 Å². The average Bonchev–Trinajstić information content (AvgIpc) is 3.79. The van der Waals surface area contributed by atoms with Crippen LogP contribution in [0.3, 0.4) is 0 Å². The van der Waals surface area contributed by atoms with Crippen molar-refractivity contribution < 1.29 is 33.5 Å². The van der Waals surface area contributed by atoms with Crippen molar-refractivity contribution in [3.8, 4) is 5.75 Å². The van der Waals surface area contributed by atoms with Crippen LogP contribution in [0, 0.1) is 0 Å². The van der Waals surface area contributed by atoms with Crippen LogP contribution in [-0.4, -0.2) is 113 Å². The number of anilines is 5. The van der Waals surface area contributed by atoms with Gasteiger partial charge in [-0.1, -0.05) is 65.7 Å². The number of nitrogens with one attached hydrogen (secondary N) is 5. The van der Waals surface area contributed by atoms with Crippen LogP contribution in [0.25, 0.3) is 0 Å². The Bertz CT molecular complexity index is 2570. The van der Waals surface area contributed by atoms with Crippen molar-refractivity contribution in [3.05, 3.63) is 105 Å². The number of fused-ring (bicyclic) bond motifs is 1. The molecule has 2 aromatic heterocycles. The summed E-state index contributed by atoms with van der Waals surface area (Å²) in [7, 11) is 4.94. The number of ether oxygens (including phenoxy) is 1. The molecule has 2 atom stereocenters. The smallest absolute Gasteiger partial charge is 0.251 e. The van der Waals surface area contributed by atoms with E-state index >= 15 is 0 Å². The van der Waals surface area contributed by atoms with Gasteiger partial charge in [0.25, 0.3) is 5.91 Å². The number of benzene rings is 3. The van der Waals surface area contributed by atoms with Gasteiger partial charge in [0.2, 0.25) is 30.1 Å². The molecule has 5 amide bonds. The number of methoxy groups -OCH3 is 1. The highest BCUT2D eigenvalue weighted by Gasteiger charge is 2.37. The number of amides is 5. The van der Waals surface area contributed by atoms with Gasteiger partial charge in [0.05, 0.1) is 50.9 Å². The molecule has 1 aliphatic rings. The molecule has 0 bridgehead atoms. The van der Waals surface area contributed by atoms with Crippen molar-refractivity contribution in [2.45, 2.75) is 71.4 Å². The van der Waals surface area contributed by atoms with E-state index in [9.17, 15) is 28.8 Å². The molecule has 5 aromatic rings. The third-order valence-electron chi connectivity index (χ3n) is 11.2. The predicted octanol–water partition coefficient (Wildman–Crippen LogP) is 4.19. The molecule has 0 spiro atoms. The predicted molar refractivity (Wildman–Crippen MR) is 255 cm³/mol. The molecule has 3 aromatic carbocycles. The van der Waals surface area contributed by atoms with Crippen molar-refractivity contribution in [1.29, 1.82) is 0 Å². The molecule has 20 nitrogen and oxygen atoms in total. The fourth-order valence-electron chi connectivity index (χ4n) is 7.66. The van der Waals surface area contributed by atoms with E-state index in [1.54, 1.807) is 77.4 Å². The van der Waals surface area contributed by atoms with Crippen LogP contribution < -0.4 is 41.1 Å². The number of nitrogens with zero attached hydrogens (tertiary/aromatic N) is 8. The topological polar surface area (TPSA) is 238 Å². The SMILES string of the molecule is CCCC(C(=O)NC=O)N(C)Cc1c(C=O)cccc1NC(=O)CNCCn1cc(CNC(=O)c2ccc(Nc3ncc4c(n3)N(Cc3ccc(Br)cc3)[C@H](CC)C(=O)N4C)c(OC)c2)nn1. The molecule has 1 unspecified atom stereocenters. The molecule has 67 heavy (non-hydrogen) atoms. The van der Waals surface area contributed by atoms with Crippen molar-refractivity contribution in [2.24, 2.45) is 0 Å². The van der Waals surface area contributed by atoms with Crippen LogP contribution in [-0.2, 0) is 45.4 Å². The fraction of sp³-hybridized carbons (Fsp3) is 0.348. The summed E-state index contributed by atoms with van der Waals surface area (Å²) < 4.78 is 8.20. The van der Waals surface area contributed by atoms with Gasteiger partial charge < -0.3 is 35.8 Å². The van der Waals surface area contributed by atoms with Crippen LogP contribution >= 0.6 is 15.9 Å². The zero-order valence-electron chi connectivity index (χ0n) is 37.9. The number of rotatable bonds is 23. The molecular weight excluding hydrogens is 926 g/mol. The molecule has 0 aliphatic carbocycles. The zero-order valence-corrected chi connectivity index (χ0v) is 39.5. The summed E-state index contributed by atoms with van der Waals surface area (Å²) >= 11 is 3.49. The lowest BCUT2D eigenvalue weighted by Crippen LogP contribution is -2.52. The van der Waals surface area contributed by atoms with Crippen LogP contribution in [0.1, 0.15) is 70.6 Å². The third-order valence-corrected chi connectivity index (χ3v) is 11.7. The molecule has 0 fully saturated rings. The van der Waals surface area contributed by atoms with Crippen molar-refractivity contribution in [1.82, 2.24) is 45.8 Å². The number of imide groups is 1. The highest BCUT2D eigenvalue weighted by molar-refractivity contribution is 9.10. The summed E-state index contributed by atoms with van der Waals surface area (Å²) in [5, 5.41) is 22.5. The van der Waals surface area contributed by atoms with Crippen LogP contribution in [0.2, 0.25) is 0 Å². The van der Waals surface area contributed by atoms with E-state index in [0.29, 0.717) is 103 Å². The molecule has 0 saturated heterocycles. The minimum Gasteiger partial charge on any atom is -0.495 e. The van der Waals surface area contributed by atoms with Crippen LogP contribution in [0.5, 0.6) is 5.75 Å². The minimum atomic E-state index is -0.613. The molecule has 21 heteroatoms. The Balaban J connectivity index is 1.00. The lowest BCUT2D eigenvalue weighted by Gasteiger charge is -2.40. The maximum atomic E-state index is 13.4. The van der Waals surface area contributed by atoms with Gasteiger partial charge in [0.15, 0.2) is 5.82 Å². The summed E-state index contributed by atoms with van der Waals surface area (Å²) in [6.07, 6.45) is 6.12. The Morgan fingerprint density at radius 1 is 1.04 bits per heavy atom. The van der Waals surface area contributed by atoms with Gasteiger partial charge in [-0.3, -0.25) is 43.7 Å². The summed E-state index contributed by atoms with van der Waals surface area (Å²) in [5.41, 5.74) is 4.34. The number of aromatic nitrogens is 5. The van der Waals surface area contributed by atoms with Gasteiger partial charge in [0.1, 0.15) is 29.5 Å². The van der Waals surface area contributed by atoms with E-state index in [-0.39, 0.29) is 43.3 Å². The van der Waals surface area contributed by atoms with E-state index in [2.05, 4.69) is 57.8 Å². The quantitative estimate of drug-likeness (QED) is 0.0456. The zero-order chi connectivity index (χ0) is 48.0. The van der Waals surface area contributed by atoms with E-state index in [1.165, 1.54) is 7.11 Å². The van der Waals surface area contributed by atoms with E-state index in [0.717, 1.165) is 10.0 Å². The van der Waals surface area contributed by atoms with Crippen molar-refractivity contribution in [2.75, 3.05) is 54.7 Å². The van der Waals surface area contributed by atoms with Gasteiger partial charge in [0, 0.05) is 53.5 Å². The number of carbonyl (C=O) groups excluding carboxylic acids is 6. The molecular formula is C46H54BrN13O7. The Labute approximate surface area is 396 Å². The largest absolute Gasteiger partial charge is 0.495 e. The first-order chi connectivity index (χ1) is 32.4. The number of hydrogen-bond acceptors (Lipinski definition) is 15. The Morgan fingerprint density at radius 2 is 1.84 bits per heavy atom. The van der Waals surface area contributed by atoms with Crippen LogP contribution in [0.4, 0.5) is 28.8 Å². The molecule has 1 aliphatic heterocycles. The summed E-state index contributed by atoms with van der Waals surface area (Å²) in [5.74, 6) is 0.0850. The summed E-state index contributed by atoms with van der Waals surface area (Å²) in [6, 6.07) is 16.8. The van der Waals surface area contributed by atoms with E-state index in [4.69, 9.17) is 9.72 Å². The first-order valence-electron chi connectivity index (χ1n) is 21.7. The number of aldehydes is 1. The highest BCUT2D eigenvalue weighted by Crippen LogP contribution is 2.37. The number of halogens is 1. The second-order valence-electron chi connectivity index (χ2n) is 15.7. The molecule has 6 rings (SSSR count). The van der Waals surface area contributed by atoms with Gasteiger partial charge in [-0.05, 0) is 61.9 Å². The summed E-state index contributed by atoms with van der Waals surface area (Å²) in [4.78, 5) is 89.7. The molecule has 352 valence electrons. The highest BCUT2D eigenvalue weighted by atomic mass is 79.9. The first kappa shape index (κ1) is 49.3. The Hall–Kier alpha value is -7.10. The maximum Gasteiger partial charge on any atom is 0.251 e. The molecule has 5 N–H and O–H groups in total. The third kappa shape index (κ3) is 12.4. The standard InChI is InChI=1S/C46H54BrN13O7/c1-6-9-38(44(65)51-28-62)57(3)26-34-31(27-61)10-8-11-35(34)52-41(63)23-48-18-19-59-25-33(55-56-59)21-49-43(64)30-14-17-36(40(20-30)67-5)53-46-50-22-39-42(54-46)60(37(7-2)45(66)58(39)4)24-29-12-15-32(47)16-13-29/h8,10-17,20,22,25,27-28,37-38,48H,6-7,9,18-19,21,23-24,26H2,1-5H3,(H,49,64)(H,52,63)(H,50,53,54)(H,51,62,65)/t37-,38?/m1/s1. The van der Waals surface area contributed by atoms with E-state index < -0.39 is 18.0 Å². The average molecular weight is 981 g/mol. The Morgan fingerprint density at radius 3 is 2.55 bits per heavy atom. The lowest BCUT2D eigenvalue weighted by molar-refractivity contribution is -0.129. The second kappa shape index (κ2) is 23.4. The van der Waals surface area contributed by atoms with Crippen molar-refractivity contribution in [3.63, 3.8) is 0 Å². The van der Waals surface area contributed by atoms with Gasteiger partial charge >= 0.3 is 0 Å². The molecule has 0 radical (unpaired) electrons. The normalized spacial score (nSPS) is 13.7. The monoisotopic (exact) mass is 979 g/mol. The van der Waals surface area contributed by atoms with Gasteiger partial charge in [-0.15, -0.1) is 5.10 Å². The molecule has 0 saturated carbocycles. The molecule has 3 heterocycles. The minimum absolute atomic E-state index is 0.0361. The number of hydrogen-bond donors (Lipinski definition) is 5. The summed E-state index contributed by atoms with van der Waals surface area (Å²) in [6.45, 7) is 5.35. The maximum absolute atomic E-state index is 13.4. The van der Waals surface area contributed by atoms with Crippen molar-refractivity contribution >= 4 is 81.1 Å². The number of likely N-dealkylation sites (N-methyl/N-ethyl adjacent to an activating group) is 2. The lowest BCUT2D eigenvalue weighted by atomic mass is 10.0. The fourth-order valence-corrected chi connectivity index (χ4v) is 7.92. The van der Waals surface area contributed by atoms with Gasteiger partial charge in [-0.2, -0.15) is 4.98 Å². The van der Waals surface area contributed by atoms with Crippen LogP contribution in [0.15, 0.2) is 77.5 Å². The van der Waals surface area contributed by atoms with E-state index in [1.807, 2.05) is 43.0 Å². The number of carbonyl (C=O) groups is 6. The Kier molecular flexibility index (Phi) is 17.2. The second-order valence-corrected chi connectivity index (χ2v) is 16.7. The first-order valence-corrected chi connectivity index (χ1v) is 22.5.